The Labute approximate surface area is 181 Å². The van der Waals surface area contributed by atoms with Crippen LogP contribution in [0.4, 0.5) is 0 Å². The molecule has 2 N–H and O–H groups in total. The second-order valence-electron chi connectivity index (χ2n) is 9.33. The molecule has 4 aliphatic heterocycles. The van der Waals surface area contributed by atoms with Crippen molar-refractivity contribution in [1.29, 1.82) is 0 Å². The number of amides is 1. The molecule has 2 aromatic rings. The lowest BCUT2D eigenvalue weighted by molar-refractivity contribution is -0.133. The number of hydrogen-bond donors (Lipinski definition) is 2. The van der Waals surface area contributed by atoms with Gasteiger partial charge in [0.05, 0.1) is 18.7 Å². The van der Waals surface area contributed by atoms with Gasteiger partial charge in [-0.15, -0.1) is 5.10 Å². The summed E-state index contributed by atoms with van der Waals surface area (Å²) in [6.45, 7) is 6.66. The lowest BCUT2D eigenvalue weighted by Gasteiger charge is -2.49. The fourth-order valence-electron chi connectivity index (χ4n) is 4.88. The summed E-state index contributed by atoms with van der Waals surface area (Å²) in [5, 5.41) is 21.5. The molecule has 0 spiro atoms. The van der Waals surface area contributed by atoms with Crippen LogP contribution in [0, 0.1) is 11.8 Å². The van der Waals surface area contributed by atoms with E-state index in [4.69, 9.17) is 9.47 Å². The van der Waals surface area contributed by atoms with Crippen LogP contribution < -0.4 is 14.8 Å². The summed E-state index contributed by atoms with van der Waals surface area (Å²) in [5.74, 6) is 2.00. The number of aliphatic hydroxyl groups is 1. The molecule has 2 bridgehead atoms. The average Bonchev–Trinajstić information content (AvgIpc) is 3.41. The van der Waals surface area contributed by atoms with Crippen LogP contribution in [0.25, 0.3) is 0 Å². The summed E-state index contributed by atoms with van der Waals surface area (Å²) in [6.07, 6.45) is 3.84. The number of ether oxygens (including phenoxy) is 2. The lowest BCUT2D eigenvalue weighted by atomic mass is 9.75. The van der Waals surface area contributed by atoms with Crippen LogP contribution in [0.5, 0.6) is 11.5 Å². The zero-order chi connectivity index (χ0) is 21.6. The molecule has 6 rings (SSSR count). The molecule has 4 atom stereocenters. The Balaban J connectivity index is 1.17. The van der Waals surface area contributed by atoms with Gasteiger partial charge in [0, 0.05) is 19.1 Å². The molecular formula is C22H29N5O4. The van der Waals surface area contributed by atoms with Gasteiger partial charge in [0.25, 0.3) is 0 Å². The van der Waals surface area contributed by atoms with Crippen LogP contribution in [0.2, 0.25) is 0 Å². The second kappa shape index (κ2) is 7.80. The molecule has 9 nitrogen and oxygen atoms in total. The quantitative estimate of drug-likeness (QED) is 0.716. The highest BCUT2D eigenvalue weighted by Gasteiger charge is 2.43. The number of piperidine rings is 3. The van der Waals surface area contributed by atoms with Gasteiger partial charge in [0.1, 0.15) is 11.3 Å². The van der Waals surface area contributed by atoms with Crippen molar-refractivity contribution in [2.24, 2.45) is 11.8 Å². The van der Waals surface area contributed by atoms with E-state index in [-0.39, 0.29) is 18.6 Å². The Hall–Kier alpha value is -2.65. The van der Waals surface area contributed by atoms with E-state index in [2.05, 4.69) is 20.5 Å². The molecule has 9 heteroatoms. The molecule has 5 heterocycles. The summed E-state index contributed by atoms with van der Waals surface area (Å²) in [4.78, 5) is 15.3. The molecule has 1 aromatic carbocycles. The number of aromatic nitrogens is 3. The van der Waals surface area contributed by atoms with Crippen molar-refractivity contribution in [3.05, 3.63) is 35.7 Å². The van der Waals surface area contributed by atoms with Crippen LogP contribution >= 0.6 is 0 Å². The van der Waals surface area contributed by atoms with Crippen LogP contribution in [-0.4, -0.2) is 56.8 Å². The summed E-state index contributed by atoms with van der Waals surface area (Å²) in [6, 6.07) is 6.11. The number of nitrogens with zero attached hydrogens (tertiary/aromatic N) is 4. The van der Waals surface area contributed by atoms with Crippen molar-refractivity contribution >= 4 is 5.91 Å². The average molecular weight is 428 g/mol. The molecule has 2 unspecified atom stereocenters. The number of fused-ring (bicyclic) bond motifs is 4. The maximum absolute atomic E-state index is 12.9. The van der Waals surface area contributed by atoms with Crippen molar-refractivity contribution in [3.8, 4) is 11.5 Å². The van der Waals surface area contributed by atoms with Gasteiger partial charge in [-0.3, -0.25) is 14.4 Å². The van der Waals surface area contributed by atoms with Crippen molar-refractivity contribution in [3.63, 3.8) is 0 Å². The predicted molar refractivity (Wildman–Crippen MR) is 111 cm³/mol. The molecule has 1 aromatic heterocycles. The van der Waals surface area contributed by atoms with Gasteiger partial charge in [-0.1, -0.05) is 11.3 Å². The van der Waals surface area contributed by atoms with Crippen LogP contribution in [0.15, 0.2) is 24.4 Å². The zero-order valence-electron chi connectivity index (χ0n) is 18.0. The molecular weight excluding hydrogens is 398 g/mol. The normalized spacial score (nSPS) is 26.8. The maximum Gasteiger partial charge on any atom is 0.231 e. The Morgan fingerprint density at radius 1 is 1.32 bits per heavy atom. The fourth-order valence-corrected chi connectivity index (χ4v) is 4.88. The molecule has 166 valence electrons. The number of rotatable bonds is 6. The summed E-state index contributed by atoms with van der Waals surface area (Å²) >= 11 is 0. The highest BCUT2D eigenvalue weighted by Crippen LogP contribution is 2.37. The van der Waals surface area contributed by atoms with Gasteiger partial charge in [0.2, 0.25) is 12.7 Å². The highest BCUT2D eigenvalue weighted by atomic mass is 16.7. The molecule has 4 aliphatic rings. The van der Waals surface area contributed by atoms with Crippen molar-refractivity contribution < 1.29 is 19.4 Å². The lowest BCUT2D eigenvalue weighted by Crippen LogP contribution is -2.58. The first-order chi connectivity index (χ1) is 14.9. The van der Waals surface area contributed by atoms with E-state index in [1.54, 1.807) is 13.8 Å². The Bertz CT molecular complexity index is 969. The van der Waals surface area contributed by atoms with Gasteiger partial charge in [0.15, 0.2) is 11.5 Å². The Kier molecular flexibility index (Phi) is 5.10. The molecule has 0 aliphatic carbocycles. The van der Waals surface area contributed by atoms with Gasteiger partial charge < -0.3 is 19.9 Å². The van der Waals surface area contributed by atoms with E-state index < -0.39 is 5.60 Å². The van der Waals surface area contributed by atoms with Crippen LogP contribution in [0.1, 0.15) is 37.9 Å². The van der Waals surface area contributed by atoms with Crippen molar-refractivity contribution in [2.45, 2.75) is 51.4 Å². The highest BCUT2D eigenvalue weighted by molar-refractivity contribution is 5.79. The Morgan fingerprint density at radius 3 is 2.90 bits per heavy atom. The third kappa shape index (κ3) is 4.12. The summed E-state index contributed by atoms with van der Waals surface area (Å²) in [5.41, 5.74) is 0.584. The van der Waals surface area contributed by atoms with E-state index in [9.17, 15) is 9.90 Å². The first-order valence-electron chi connectivity index (χ1n) is 10.9. The fraction of sp³-hybridized carbons (Fsp3) is 0.591. The van der Waals surface area contributed by atoms with E-state index in [0.717, 1.165) is 49.5 Å². The number of hydrogen-bond acceptors (Lipinski definition) is 7. The third-order valence-electron chi connectivity index (χ3n) is 6.68. The van der Waals surface area contributed by atoms with E-state index >= 15 is 0 Å². The summed E-state index contributed by atoms with van der Waals surface area (Å²) < 4.78 is 12.6. The molecule has 3 saturated heterocycles. The topological polar surface area (TPSA) is 102 Å². The molecule has 3 fully saturated rings. The zero-order valence-corrected chi connectivity index (χ0v) is 18.0. The minimum absolute atomic E-state index is 0.0155. The van der Waals surface area contributed by atoms with Crippen LogP contribution in [-0.2, 0) is 23.5 Å². The van der Waals surface area contributed by atoms with E-state index in [0.29, 0.717) is 24.2 Å². The number of carbonyl (C=O) groups excluding carboxylic acids is 1. The van der Waals surface area contributed by atoms with Crippen molar-refractivity contribution in [1.82, 2.24) is 25.2 Å². The van der Waals surface area contributed by atoms with E-state index in [1.165, 1.54) is 0 Å². The van der Waals surface area contributed by atoms with Crippen LogP contribution in [0.3, 0.4) is 0 Å². The SMILES string of the molecule is CC(C)(O)c1cn(C[C@H]2CC3CCN2C[C@@H]3C(=O)NCc2ccc3c(c2)OCO3)nn1. The molecule has 0 saturated carbocycles. The smallest absolute Gasteiger partial charge is 0.231 e. The number of nitrogens with one attached hydrogen (secondary N) is 1. The first-order valence-corrected chi connectivity index (χ1v) is 10.9. The first kappa shape index (κ1) is 20.3. The number of carbonyl (C=O) groups is 1. The van der Waals surface area contributed by atoms with Gasteiger partial charge in [-0.2, -0.15) is 0 Å². The molecule has 1 amide bonds. The standard InChI is InChI=1S/C22H29N5O4/c1-22(2,29)20-12-27(25-24-20)10-16-8-15-5-6-26(16)11-17(15)21(28)23-9-14-3-4-18-19(7-14)31-13-30-18/h3-4,7,12,15-17,29H,5-6,8-11,13H2,1-2H3,(H,23,28)/t15?,16-,17+/m1/s1. The minimum Gasteiger partial charge on any atom is -0.454 e. The van der Waals surface area contributed by atoms with Gasteiger partial charge in [-0.05, 0) is 56.8 Å². The third-order valence-corrected chi connectivity index (χ3v) is 6.68. The summed E-state index contributed by atoms with van der Waals surface area (Å²) in [7, 11) is 0. The maximum atomic E-state index is 12.9. The second-order valence-corrected chi connectivity index (χ2v) is 9.33. The molecule has 0 radical (unpaired) electrons. The van der Waals surface area contributed by atoms with E-state index in [1.807, 2.05) is 29.1 Å². The monoisotopic (exact) mass is 427 g/mol. The number of benzene rings is 1. The molecule has 31 heavy (non-hydrogen) atoms. The van der Waals surface area contributed by atoms with Gasteiger partial charge in [-0.25, -0.2) is 0 Å². The Morgan fingerprint density at radius 2 is 2.16 bits per heavy atom. The predicted octanol–water partition coefficient (Wildman–Crippen LogP) is 1.26. The largest absolute Gasteiger partial charge is 0.454 e. The van der Waals surface area contributed by atoms with Crippen molar-refractivity contribution in [2.75, 3.05) is 19.9 Å². The minimum atomic E-state index is -0.995. The van der Waals surface area contributed by atoms with Gasteiger partial charge >= 0.3 is 0 Å².